The van der Waals surface area contributed by atoms with Crippen LogP contribution in [0, 0.1) is 0 Å². The predicted octanol–water partition coefficient (Wildman–Crippen LogP) is 1.95. The smallest absolute Gasteiger partial charge is 0.0428 e. The van der Waals surface area contributed by atoms with Crippen LogP contribution in [0.5, 0.6) is 0 Å². The maximum absolute atomic E-state index is 7.88. The molecule has 0 spiro atoms. The second-order valence-electron chi connectivity index (χ2n) is 2.14. The van der Waals surface area contributed by atoms with Crippen molar-refractivity contribution < 1.29 is 5.11 Å². The molecule has 0 aliphatic heterocycles. The summed E-state index contributed by atoms with van der Waals surface area (Å²) in [5.74, 6) is 0. The van der Waals surface area contributed by atoms with E-state index in [1.165, 1.54) is 25.7 Å². The van der Waals surface area contributed by atoms with Crippen LogP contribution < -0.4 is 0 Å². The third kappa shape index (κ3) is 5.96. The molecule has 0 bridgehead atoms. The van der Waals surface area contributed by atoms with E-state index < -0.39 is 0 Å². The maximum atomic E-state index is 7.88. The van der Waals surface area contributed by atoms with Crippen molar-refractivity contribution in [2.75, 3.05) is 6.61 Å². The lowest BCUT2D eigenvalue weighted by atomic mass is 10.0. The molecule has 50 valence electrons. The van der Waals surface area contributed by atoms with E-state index in [0.29, 0.717) is 6.61 Å². The topological polar surface area (TPSA) is 20.2 Å². The van der Waals surface area contributed by atoms with Crippen LogP contribution in [0.3, 0.4) is 0 Å². The minimum absolute atomic E-state index is 0.319. The molecule has 1 fully saturated rings. The van der Waals surface area contributed by atoms with Gasteiger partial charge in [-0.3, -0.25) is 0 Å². The van der Waals surface area contributed by atoms with Crippen LogP contribution in [0.1, 0.15) is 39.0 Å². The third-order valence-corrected chi connectivity index (χ3v) is 1.22. The first-order chi connectivity index (χ1) is 3.91. The van der Waals surface area contributed by atoms with Crippen molar-refractivity contribution in [3.8, 4) is 0 Å². The first kappa shape index (κ1) is 7.96. The highest BCUT2D eigenvalue weighted by molar-refractivity contribution is 4.50. The van der Waals surface area contributed by atoms with Gasteiger partial charge in [-0.05, 0) is 6.42 Å². The summed E-state index contributed by atoms with van der Waals surface area (Å²) in [6.07, 6.45) is 6.88. The highest BCUT2D eigenvalue weighted by atomic mass is 16.2. The Labute approximate surface area is 51.7 Å². The third-order valence-electron chi connectivity index (χ3n) is 1.22. The Bertz CT molecular complexity index is 25.4. The number of aliphatic hydroxyl groups excluding tert-OH is 1. The minimum Gasteiger partial charge on any atom is -0.396 e. The Morgan fingerprint density at radius 2 is 1.38 bits per heavy atom. The van der Waals surface area contributed by atoms with Gasteiger partial charge in [0.2, 0.25) is 0 Å². The maximum Gasteiger partial charge on any atom is 0.0428 e. The fraction of sp³-hybridized carbons (Fsp3) is 1.00. The van der Waals surface area contributed by atoms with Gasteiger partial charge in [0.25, 0.3) is 0 Å². The summed E-state index contributed by atoms with van der Waals surface area (Å²) in [6.45, 7) is 2.25. The van der Waals surface area contributed by atoms with Crippen molar-refractivity contribution in [1.29, 1.82) is 0 Å². The molecule has 1 rings (SSSR count). The molecule has 8 heavy (non-hydrogen) atoms. The largest absolute Gasteiger partial charge is 0.396 e. The van der Waals surface area contributed by atoms with Crippen molar-refractivity contribution in [3.05, 3.63) is 0 Å². The Hall–Kier alpha value is -0.0400. The van der Waals surface area contributed by atoms with Gasteiger partial charge >= 0.3 is 0 Å². The van der Waals surface area contributed by atoms with Gasteiger partial charge in [0, 0.05) is 6.61 Å². The van der Waals surface area contributed by atoms with E-state index in [0.717, 1.165) is 6.42 Å². The molecule has 0 amide bonds. The van der Waals surface area contributed by atoms with Crippen LogP contribution >= 0.6 is 0 Å². The average molecular weight is 116 g/mol. The van der Waals surface area contributed by atoms with Crippen molar-refractivity contribution >= 4 is 0 Å². The summed E-state index contributed by atoms with van der Waals surface area (Å²) in [7, 11) is 0. The molecule has 1 nitrogen and oxygen atoms in total. The summed E-state index contributed by atoms with van der Waals surface area (Å²) in [5.41, 5.74) is 0. The standard InChI is InChI=1S/C4H8.C3H8O/c1-2-4-3-1;1-2-3-4/h1-4H2;4H,2-3H2,1H3. The highest BCUT2D eigenvalue weighted by Gasteiger charge is 1.95. The molecule has 0 aromatic carbocycles. The summed E-state index contributed by atoms with van der Waals surface area (Å²) in [4.78, 5) is 0. The zero-order valence-electron chi connectivity index (χ0n) is 5.69. The lowest BCUT2D eigenvalue weighted by Gasteiger charge is -2.05. The summed E-state index contributed by atoms with van der Waals surface area (Å²) >= 11 is 0. The molecule has 1 aliphatic carbocycles. The monoisotopic (exact) mass is 116 g/mol. The quantitative estimate of drug-likeness (QED) is 0.555. The lowest BCUT2D eigenvalue weighted by Crippen LogP contribution is -1.85. The summed E-state index contributed by atoms with van der Waals surface area (Å²) in [5, 5.41) is 7.88. The zero-order chi connectivity index (χ0) is 6.24. The SMILES string of the molecule is C1CCC1.CCCO. The van der Waals surface area contributed by atoms with E-state index in [1.54, 1.807) is 0 Å². The van der Waals surface area contributed by atoms with Gasteiger partial charge in [-0.2, -0.15) is 0 Å². The Kier molecular flexibility index (Phi) is 6.93. The van der Waals surface area contributed by atoms with Gasteiger partial charge in [0.05, 0.1) is 0 Å². The second kappa shape index (κ2) is 6.96. The van der Waals surface area contributed by atoms with Gasteiger partial charge < -0.3 is 5.11 Å². The van der Waals surface area contributed by atoms with Gasteiger partial charge in [-0.25, -0.2) is 0 Å². The van der Waals surface area contributed by atoms with Gasteiger partial charge in [0.1, 0.15) is 0 Å². The van der Waals surface area contributed by atoms with Crippen LogP contribution in [0.15, 0.2) is 0 Å². The molecule has 1 aliphatic rings. The van der Waals surface area contributed by atoms with E-state index >= 15 is 0 Å². The Balaban J connectivity index is 0.000000122. The molecular formula is C7H16O. The van der Waals surface area contributed by atoms with Crippen LogP contribution in [0.4, 0.5) is 0 Å². The normalized spacial score (nSPS) is 15.8. The van der Waals surface area contributed by atoms with Crippen LogP contribution in [0.25, 0.3) is 0 Å². The lowest BCUT2D eigenvalue weighted by molar-refractivity contribution is 0.295. The molecule has 0 aromatic rings. The first-order valence-corrected chi connectivity index (χ1v) is 3.52. The van der Waals surface area contributed by atoms with Crippen molar-refractivity contribution in [1.82, 2.24) is 0 Å². The van der Waals surface area contributed by atoms with E-state index in [-0.39, 0.29) is 0 Å². The van der Waals surface area contributed by atoms with Gasteiger partial charge in [-0.1, -0.05) is 32.6 Å². The molecule has 0 atom stereocenters. The molecule has 1 heteroatoms. The van der Waals surface area contributed by atoms with Crippen LogP contribution in [-0.2, 0) is 0 Å². The summed E-state index contributed by atoms with van der Waals surface area (Å²) < 4.78 is 0. The van der Waals surface area contributed by atoms with Gasteiger partial charge in [0.15, 0.2) is 0 Å². The van der Waals surface area contributed by atoms with Crippen LogP contribution in [-0.4, -0.2) is 11.7 Å². The predicted molar refractivity (Wildman–Crippen MR) is 35.8 cm³/mol. The molecule has 0 radical (unpaired) electrons. The van der Waals surface area contributed by atoms with Crippen molar-refractivity contribution in [2.24, 2.45) is 0 Å². The van der Waals surface area contributed by atoms with E-state index in [4.69, 9.17) is 5.11 Å². The zero-order valence-corrected chi connectivity index (χ0v) is 5.69. The minimum atomic E-state index is 0.319. The number of hydrogen-bond acceptors (Lipinski definition) is 1. The highest BCUT2D eigenvalue weighted by Crippen LogP contribution is 2.15. The average Bonchev–Trinajstić information content (AvgIpc) is 1.61. The fourth-order valence-corrected chi connectivity index (χ4v) is 0.250. The van der Waals surface area contributed by atoms with E-state index in [9.17, 15) is 0 Å². The molecule has 0 aromatic heterocycles. The van der Waals surface area contributed by atoms with Crippen LogP contribution in [0.2, 0.25) is 0 Å². The Morgan fingerprint density at radius 1 is 1.12 bits per heavy atom. The molecular weight excluding hydrogens is 100 g/mol. The number of rotatable bonds is 1. The Morgan fingerprint density at radius 3 is 1.38 bits per heavy atom. The van der Waals surface area contributed by atoms with E-state index in [1.807, 2.05) is 6.92 Å². The van der Waals surface area contributed by atoms with Gasteiger partial charge in [-0.15, -0.1) is 0 Å². The molecule has 0 saturated heterocycles. The fourth-order valence-electron chi connectivity index (χ4n) is 0.250. The molecule has 0 heterocycles. The van der Waals surface area contributed by atoms with Crippen molar-refractivity contribution in [2.45, 2.75) is 39.0 Å². The van der Waals surface area contributed by atoms with Crippen molar-refractivity contribution in [3.63, 3.8) is 0 Å². The molecule has 1 N–H and O–H groups in total. The molecule has 0 unspecified atom stereocenters. The summed E-state index contributed by atoms with van der Waals surface area (Å²) in [6, 6.07) is 0. The second-order valence-corrected chi connectivity index (χ2v) is 2.14. The number of aliphatic hydroxyl groups is 1. The van der Waals surface area contributed by atoms with E-state index in [2.05, 4.69) is 0 Å². The first-order valence-electron chi connectivity index (χ1n) is 3.52. The number of hydrogen-bond donors (Lipinski definition) is 1. The molecule has 1 saturated carbocycles.